The Kier molecular flexibility index (Phi) is 9.67. The van der Waals surface area contributed by atoms with Crippen LogP contribution in [0.15, 0.2) is 12.1 Å². The molecule has 0 aromatic carbocycles. The summed E-state index contributed by atoms with van der Waals surface area (Å²) in [5.41, 5.74) is 0.523. The zero-order valence-corrected chi connectivity index (χ0v) is 17.7. The second kappa shape index (κ2) is 11.5. The maximum absolute atomic E-state index is 11.2. The summed E-state index contributed by atoms with van der Waals surface area (Å²) in [4.78, 5) is 30.8. The van der Waals surface area contributed by atoms with Gasteiger partial charge in [-0.2, -0.15) is 9.36 Å². The van der Waals surface area contributed by atoms with Gasteiger partial charge in [0.15, 0.2) is 5.69 Å². The van der Waals surface area contributed by atoms with Gasteiger partial charge in [0, 0.05) is 10.7 Å². The van der Waals surface area contributed by atoms with Crippen molar-refractivity contribution >= 4 is 49.5 Å². The van der Waals surface area contributed by atoms with Gasteiger partial charge in [0.2, 0.25) is 0 Å². The molecule has 154 valence electrons. The monoisotopic (exact) mass is 526 g/mol. The van der Waals surface area contributed by atoms with Gasteiger partial charge in [0.25, 0.3) is 0 Å². The summed E-state index contributed by atoms with van der Waals surface area (Å²) >= 11 is 6.34. The molecule has 1 N–H and O–H groups in total. The number of rotatable bonds is 8. The third kappa shape index (κ3) is 6.35. The number of hydrogen-bond donors (Lipinski definition) is 1. The van der Waals surface area contributed by atoms with Crippen molar-refractivity contribution in [3.05, 3.63) is 43.7 Å². The number of hydrogen-bond acceptors (Lipinski definition) is 9. The summed E-state index contributed by atoms with van der Waals surface area (Å²) in [5.74, 6) is -1.24. The average Bonchev–Trinajstić information content (AvgIpc) is 3.27. The molecule has 13 nitrogen and oxygen atoms in total. The van der Waals surface area contributed by atoms with Crippen molar-refractivity contribution in [3.8, 4) is 0 Å². The number of aromatic nitrogens is 4. The maximum Gasteiger partial charge on any atom is 0.390 e. The van der Waals surface area contributed by atoms with Gasteiger partial charge in [-0.25, -0.2) is 4.79 Å². The maximum atomic E-state index is 11.2. The predicted octanol–water partition coefficient (Wildman–Crippen LogP) is 1.65. The van der Waals surface area contributed by atoms with Gasteiger partial charge in [0.1, 0.15) is 0 Å². The van der Waals surface area contributed by atoms with Gasteiger partial charge in [-0.15, -0.1) is 0 Å². The molecule has 2 aromatic heterocycles. The summed E-state index contributed by atoms with van der Waals surface area (Å²) < 4.78 is 7.12. The Labute approximate surface area is 174 Å². The van der Waals surface area contributed by atoms with E-state index in [-0.39, 0.29) is 23.9 Å². The van der Waals surface area contributed by atoms with Crippen molar-refractivity contribution in [2.45, 2.75) is 19.7 Å². The Morgan fingerprint density at radius 1 is 1.11 bits per heavy atom. The third-order valence-electron chi connectivity index (χ3n) is 3.14. The first kappa shape index (κ1) is 23.6. The summed E-state index contributed by atoms with van der Waals surface area (Å²) in [6.45, 7) is 0.621. The van der Waals surface area contributed by atoms with E-state index in [0.29, 0.717) is 29.4 Å². The van der Waals surface area contributed by atoms with E-state index in [4.69, 9.17) is 5.11 Å². The molecule has 2 heterocycles. The number of carbonyl (C=O) groups excluding carboxylic acids is 1. The van der Waals surface area contributed by atoms with Crippen LogP contribution in [0.3, 0.4) is 0 Å². The molecule has 0 aliphatic heterocycles. The van der Waals surface area contributed by atoms with Crippen LogP contribution >= 0.6 is 31.9 Å². The number of nitro groups is 2. The molecule has 0 amide bonds. The van der Waals surface area contributed by atoms with E-state index in [1.54, 1.807) is 0 Å². The van der Waals surface area contributed by atoms with Crippen LogP contribution in [0, 0.1) is 20.2 Å². The molecule has 2 aromatic rings. The van der Waals surface area contributed by atoms with E-state index >= 15 is 0 Å². The smallest absolute Gasteiger partial charge is 0.390 e. The van der Waals surface area contributed by atoms with Gasteiger partial charge in [-0.05, 0) is 9.85 Å². The van der Waals surface area contributed by atoms with E-state index < -0.39 is 15.8 Å². The topological polar surface area (TPSA) is 168 Å². The van der Waals surface area contributed by atoms with E-state index in [9.17, 15) is 25.0 Å². The van der Waals surface area contributed by atoms with Gasteiger partial charge in [0.05, 0.1) is 54.8 Å². The molecule has 0 aliphatic carbocycles. The molecule has 0 saturated heterocycles. The first-order chi connectivity index (χ1) is 13.3. The van der Waals surface area contributed by atoms with Crippen molar-refractivity contribution in [1.82, 2.24) is 19.6 Å². The molecule has 2 rings (SSSR count). The lowest BCUT2D eigenvalue weighted by atomic mass is 10.4. The van der Waals surface area contributed by atoms with E-state index in [1.807, 2.05) is 0 Å². The second-order valence-electron chi connectivity index (χ2n) is 4.87. The molecule has 0 spiro atoms. The van der Waals surface area contributed by atoms with Gasteiger partial charge in [-0.3, -0.25) is 0 Å². The zero-order valence-electron chi connectivity index (χ0n) is 14.5. The van der Waals surface area contributed by atoms with E-state index in [0.717, 1.165) is 6.07 Å². The highest BCUT2D eigenvalue weighted by atomic mass is 79.9. The number of methoxy groups -OCH3 is 1. The minimum atomic E-state index is -0.656. The summed E-state index contributed by atoms with van der Waals surface area (Å²) in [6.07, 6.45) is 0. The lowest BCUT2D eigenvalue weighted by molar-refractivity contribution is -0.390. The van der Waals surface area contributed by atoms with Crippen molar-refractivity contribution < 1.29 is 24.5 Å². The summed E-state index contributed by atoms with van der Waals surface area (Å²) in [7, 11) is 1.21. The normalized spacial score (nSPS) is 10.1. The van der Waals surface area contributed by atoms with Crippen LogP contribution in [0.1, 0.15) is 16.2 Å². The van der Waals surface area contributed by atoms with Crippen LogP contribution in [0.2, 0.25) is 0 Å². The van der Waals surface area contributed by atoms with Crippen LogP contribution in [-0.4, -0.2) is 58.3 Å². The molecular weight excluding hydrogens is 512 g/mol. The highest BCUT2D eigenvalue weighted by Crippen LogP contribution is 2.13. The SMILES string of the molecule is COC(=O)c1cc([N+](=O)[O-])nn1CCBr.O=[N+]([O-])c1cc(CO)n(CCBr)n1. The number of halogens is 2. The van der Waals surface area contributed by atoms with Crippen molar-refractivity contribution in [2.24, 2.45) is 0 Å². The fraction of sp³-hybridized carbons (Fsp3) is 0.462. The Morgan fingerprint density at radius 3 is 2.07 bits per heavy atom. The predicted molar refractivity (Wildman–Crippen MR) is 103 cm³/mol. The number of esters is 1. The molecule has 0 saturated carbocycles. The molecule has 0 fully saturated rings. The fourth-order valence-corrected chi connectivity index (χ4v) is 2.61. The molecule has 0 unspecified atom stereocenters. The number of ether oxygens (including phenoxy) is 1. The molecule has 0 aliphatic rings. The Hall–Kier alpha value is -2.39. The Bertz CT molecular complexity index is 837. The number of carbonyl (C=O) groups is 1. The summed E-state index contributed by atoms with van der Waals surface area (Å²) in [6, 6.07) is 2.36. The van der Waals surface area contributed by atoms with Crippen molar-refractivity contribution in [1.29, 1.82) is 0 Å². The van der Waals surface area contributed by atoms with Crippen molar-refractivity contribution in [2.75, 3.05) is 17.8 Å². The molecular formula is C13H16Br2N6O7. The Morgan fingerprint density at radius 2 is 1.61 bits per heavy atom. The van der Waals surface area contributed by atoms with Crippen LogP contribution in [0.25, 0.3) is 0 Å². The zero-order chi connectivity index (χ0) is 21.3. The van der Waals surface area contributed by atoms with Gasteiger partial charge in [-0.1, -0.05) is 31.9 Å². The van der Waals surface area contributed by atoms with Crippen LogP contribution in [0.5, 0.6) is 0 Å². The molecule has 28 heavy (non-hydrogen) atoms. The Balaban J connectivity index is 0.000000283. The fourth-order valence-electron chi connectivity index (χ4n) is 1.94. The average molecular weight is 528 g/mol. The van der Waals surface area contributed by atoms with Gasteiger partial charge < -0.3 is 30.1 Å². The highest BCUT2D eigenvalue weighted by molar-refractivity contribution is 9.09. The first-order valence-electron chi connectivity index (χ1n) is 7.53. The quantitative estimate of drug-likeness (QED) is 0.232. The molecule has 15 heteroatoms. The number of aryl methyl sites for hydroxylation is 2. The summed E-state index contributed by atoms with van der Waals surface area (Å²) in [5, 5.41) is 38.1. The second-order valence-corrected chi connectivity index (χ2v) is 6.46. The highest BCUT2D eigenvalue weighted by Gasteiger charge is 2.23. The minimum Gasteiger partial charge on any atom is -0.464 e. The number of nitrogens with zero attached hydrogens (tertiary/aromatic N) is 6. The third-order valence-corrected chi connectivity index (χ3v) is 3.85. The largest absolute Gasteiger partial charge is 0.464 e. The minimum absolute atomic E-state index is 0.0728. The molecule has 0 bridgehead atoms. The number of aliphatic hydroxyl groups excluding tert-OH is 1. The van der Waals surface area contributed by atoms with Crippen molar-refractivity contribution in [3.63, 3.8) is 0 Å². The van der Waals surface area contributed by atoms with Crippen LogP contribution in [-0.2, 0) is 24.4 Å². The lowest BCUT2D eigenvalue weighted by Crippen LogP contribution is -2.12. The van der Waals surface area contributed by atoms with Crippen LogP contribution in [0.4, 0.5) is 11.6 Å². The van der Waals surface area contributed by atoms with E-state index in [1.165, 1.54) is 22.5 Å². The standard InChI is InChI=1S/C7H8BrN3O4.C6H8BrN3O3/c1-15-7(12)5-4-6(11(13)14)9-10(5)3-2-8;7-1-2-9-5(4-11)3-6(8-9)10(12)13/h4H,2-3H2,1H3;3,11H,1-2,4H2. The van der Waals surface area contributed by atoms with Crippen LogP contribution < -0.4 is 0 Å². The number of alkyl halides is 2. The molecule has 0 radical (unpaired) electrons. The lowest BCUT2D eigenvalue weighted by Gasteiger charge is -1.97. The van der Waals surface area contributed by atoms with E-state index in [2.05, 4.69) is 46.8 Å². The number of aliphatic hydroxyl groups is 1. The molecule has 0 atom stereocenters. The first-order valence-corrected chi connectivity index (χ1v) is 9.77. The van der Waals surface area contributed by atoms with Gasteiger partial charge >= 0.3 is 17.6 Å².